The molecule has 3 fully saturated rings. The van der Waals surface area contributed by atoms with Crippen LogP contribution < -0.4 is 11.1 Å². The highest BCUT2D eigenvalue weighted by molar-refractivity contribution is 5.39. The lowest BCUT2D eigenvalue weighted by Gasteiger charge is -2.29. The number of nitro benzene ring substituents is 2. The molecule has 0 atom stereocenters. The van der Waals surface area contributed by atoms with Crippen molar-refractivity contribution < 1.29 is 35.4 Å². The van der Waals surface area contributed by atoms with E-state index >= 15 is 0 Å². The minimum atomic E-state index is -0.442. The number of rotatable bonds is 10. The molecule has 3 aromatic rings. The predicted octanol–water partition coefficient (Wildman–Crippen LogP) is 3.72. The fraction of sp³-hybridized carbons (Fsp3) is 0.561. The Morgan fingerprint density at radius 2 is 0.929 bits per heavy atom. The second-order valence-electron chi connectivity index (χ2n) is 14.0. The van der Waals surface area contributed by atoms with Crippen molar-refractivity contribution in [2.45, 2.75) is 83.0 Å². The molecule has 0 spiro atoms. The number of anilines is 1. The SMILES string of the molecule is CCO.Nc1ccc(CCN2CCC(O)CC2)cc1.O=[N+]([O-])c1ccc(CCN2CCC(O)CC2)cc1.O=[N+]([O-])c1ccc(CCO)cc1.OC1CCNCC1. The summed E-state index contributed by atoms with van der Waals surface area (Å²) in [5.74, 6) is 0. The van der Waals surface area contributed by atoms with E-state index in [1.165, 1.54) is 17.7 Å². The second-order valence-corrected chi connectivity index (χ2v) is 14.0. The van der Waals surface area contributed by atoms with Gasteiger partial charge in [0.25, 0.3) is 11.4 Å². The number of hydrogen-bond acceptors (Lipinski definition) is 13. The van der Waals surface area contributed by atoms with E-state index in [9.17, 15) is 30.4 Å². The molecule has 3 aliphatic heterocycles. The van der Waals surface area contributed by atoms with Crippen LogP contribution in [-0.2, 0) is 19.3 Å². The first-order valence-electron chi connectivity index (χ1n) is 19.7. The van der Waals surface area contributed by atoms with Gasteiger partial charge in [0.1, 0.15) is 0 Å². The quantitative estimate of drug-likeness (QED) is 0.0884. The summed E-state index contributed by atoms with van der Waals surface area (Å²) >= 11 is 0. The topological polar surface area (TPSA) is 232 Å². The third kappa shape index (κ3) is 21.3. The third-order valence-corrected chi connectivity index (χ3v) is 9.53. The zero-order valence-electron chi connectivity index (χ0n) is 32.8. The number of nitro groups is 2. The maximum absolute atomic E-state index is 10.5. The smallest absolute Gasteiger partial charge is 0.269 e. The second kappa shape index (κ2) is 28.4. The van der Waals surface area contributed by atoms with E-state index in [0.717, 1.165) is 121 Å². The molecule has 6 rings (SSSR count). The van der Waals surface area contributed by atoms with Crippen LogP contribution in [0, 0.1) is 20.2 Å². The highest BCUT2D eigenvalue weighted by Crippen LogP contribution is 2.16. The van der Waals surface area contributed by atoms with Crippen molar-refractivity contribution in [2.24, 2.45) is 0 Å². The highest BCUT2D eigenvalue weighted by atomic mass is 16.6. The van der Waals surface area contributed by atoms with Gasteiger partial charge in [0.05, 0.1) is 28.2 Å². The van der Waals surface area contributed by atoms with Crippen molar-refractivity contribution in [3.8, 4) is 0 Å². The number of nitrogen functional groups attached to an aromatic ring is 1. The molecule has 56 heavy (non-hydrogen) atoms. The first-order chi connectivity index (χ1) is 26.9. The molecule has 3 heterocycles. The standard InChI is InChI=1S/C13H18N2O3.C13H20N2O.C8H9NO3.C5H11NO.C2H6O/c16-13-6-9-14(10-7-13)8-5-11-1-3-12(4-2-11)15(17)18;14-12-3-1-11(2-4-12)5-8-15-9-6-13(16)7-10-15;10-6-5-7-1-3-8(4-2-7)9(11)12;7-5-1-3-6-4-2-5;1-2-3/h1-4,13,16H,5-10H2;1-4,13,16H,5-10,14H2;1-4,10H,5-6H2;5-7H,1-4H2;3H,2H2,1H3. The molecule has 15 nitrogen and oxygen atoms in total. The van der Waals surface area contributed by atoms with Crippen molar-refractivity contribution in [1.29, 1.82) is 0 Å². The number of aliphatic hydroxyl groups excluding tert-OH is 5. The summed E-state index contributed by atoms with van der Waals surface area (Å²) in [7, 11) is 0. The molecule has 3 aromatic carbocycles. The lowest BCUT2D eigenvalue weighted by Crippen LogP contribution is -2.37. The maximum Gasteiger partial charge on any atom is 0.269 e. The summed E-state index contributed by atoms with van der Waals surface area (Å²) < 4.78 is 0. The van der Waals surface area contributed by atoms with E-state index < -0.39 is 4.92 Å². The van der Waals surface area contributed by atoms with Gasteiger partial charge in [-0.05, 0) is 107 Å². The van der Waals surface area contributed by atoms with E-state index in [4.69, 9.17) is 21.1 Å². The molecular weight excluding hydrogens is 720 g/mol. The summed E-state index contributed by atoms with van der Waals surface area (Å²) in [6.07, 6.45) is 7.65. The Hall–Kier alpha value is -4.06. The Labute approximate surface area is 331 Å². The first kappa shape index (κ1) is 48.1. The van der Waals surface area contributed by atoms with Crippen LogP contribution in [0.25, 0.3) is 0 Å². The molecule has 3 aliphatic rings. The lowest BCUT2D eigenvalue weighted by molar-refractivity contribution is -0.385. The zero-order valence-corrected chi connectivity index (χ0v) is 32.8. The van der Waals surface area contributed by atoms with Gasteiger partial charge in [0.15, 0.2) is 0 Å². The van der Waals surface area contributed by atoms with Gasteiger partial charge >= 0.3 is 0 Å². The number of benzene rings is 3. The summed E-state index contributed by atoms with van der Waals surface area (Å²) in [6.45, 7) is 9.93. The molecule has 0 radical (unpaired) electrons. The average Bonchev–Trinajstić information content (AvgIpc) is 3.20. The van der Waals surface area contributed by atoms with Gasteiger partial charge in [0.2, 0.25) is 0 Å². The number of non-ortho nitro benzene ring substituents is 2. The molecule has 0 aliphatic carbocycles. The van der Waals surface area contributed by atoms with Gasteiger partial charge in [0, 0.05) is 82.4 Å². The third-order valence-electron chi connectivity index (χ3n) is 9.53. The Morgan fingerprint density at radius 1 is 0.607 bits per heavy atom. The van der Waals surface area contributed by atoms with E-state index in [1.54, 1.807) is 31.2 Å². The number of hydrogen-bond donors (Lipinski definition) is 7. The summed E-state index contributed by atoms with van der Waals surface area (Å²) in [6, 6.07) is 21.0. The van der Waals surface area contributed by atoms with Crippen LogP contribution in [0.4, 0.5) is 17.1 Å². The Bertz CT molecular complexity index is 1460. The van der Waals surface area contributed by atoms with Crippen molar-refractivity contribution in [3.05, 3.63) is 110 Å². The molecule has 0 unspecified atom stereocenters. The van der Waals surface area contributed by atoms with E-state index in [0.29, 0.717) is 6.42 Å². The van der Waals surface area contributed by atoms with E-state index in [-0.39, 0.29) is 47.8 Å². The van der Waals surface area contributed by atoms with Crippen molar-refractivity contribution >= 4 is 17.1 Å². The number of piperidine rings is 3. The minimum absolute atomic E-state index is 0.0266. The average molecular weight is 785 g/mol. The van der Waals surface area contributed by atoms with E-state index in [1.807, 2.05) is 24.3 Å². The Balaban J connectivity index is 0.000000262. The molecule has 8 N–H and O–H groups in total. The van der Waals surface area contributed by atoms with Gasteiger partial charge in [-0.1, -0.05) is 36.4 Å². The van der Waals surface area contributed by atoms with Gasteiger partial charge in [-0.3, -0.25) is 20.2 Å². The number of nitrogens with zero attached hydrogens (tertiary/aromatic N) is 4. The van der Waals surface area contributed by atoms with Crippen LogP contribution in [0.2, 0.25) is 0 Å². The molecule has 3 saturated heterocycles. The van der Waals surface area contributed by atoms with Crippen LogP contribution in [0.3, 0.4) is 0 Å². The molecule has 15 heteroatoms. The van der Waals surface area contributed by atoms with Crippen LogP contribution in [0.1, 0.15) is 62.1 Å². The van der Waals surface area contributed by atoms with Crippen molar-refractivity contribution in [3.63, 3.8) is 0 Å². The normalized spacial score (nSPS) is 16.7. The molecule has 0 aromatic heterocycles. The Morgan fingerprint density at radius 3 is 1.23 bits per heavy atom. The molecular formula is C41H64N6O9. The predicted molar refractivity (Wildman–Crippen MR) is 219 cm³/mol. The van der Waals surface area contributed by atoms with Crippen LogP contribution in [-0.4, -0.2) is 129 Å². The largest absolute Gasteiger partial charge is 0.399 e. The van der Waals surface area contributed by atoms with Gasteiger partial charge in [-0.2, -0.15) is 0 Å². The van der Waals surface area contributed by atoms with Gasteiger partial charge in [-0.25, -0.2) is 0 Å². The molecule has 0 saturated carbocycles. The first-order valence-corrected chi connectivity index (χ1v) is 19.7. The summed E-state index contributed by atoms with van der Waals surface area (Å²) in [4.78, 5) is 24.7. The van der Waals surface area contributed by atoms with Gasteiger partial charge in [-0.15, -0.1) is 0 Å². The van der Waals surface area contributed by atoms with Crippen LogP contribution in [0.15, 0.2) is 72.8 Å². The minimum Gasteiger partial charge on any atom is -0.399 e. The van der Waals surface area contributed by atoms with Gasteiger partial charge < -0.3 is 46.4 Å². The zero-order chi connectivity index (χ0) is 41.1. The number of nitrogens with one attached hydrogen (secondary N) is 1. The monoisotopic (exact) mass is 784 g/mol. The van der Waals surface area contributed by atoms with Crippen LogP contribution in [0.5, 0.6) is 0 Å². The fourth-order valence-corrected chi connectivity index (χ4v) is 6.05. The maximum atomic E-state index is 10.5. The summed E-state index contributed by atoms with van der Waals surface area (Å²) in [5.41, 5.74) is 10.0. The fourth-order valence-electron chi connectivity index (χ4n) is 6.05. The number of likely N-dealkylation sites (tertiary alicyclic amines) is 2. The molecule has 0 bridgehead atoms. The number of nitrogens with two attached hydrogens (primary N) is 1. The molecule has 312 valence electrons. The van der Waals surface area contributed by atoms with Crippen molar-refractivity contribution in [1.82, 2.24) is 15.1 Å². The lowest BCUT2D eigenvalue weighted by atomic mass is 10.1. The number of aliphatic hydroxyl groups is 5. The van der Waals surface area contributed by atoms with E-state index in [2.05, 4.69) is 27.2 Å². The Kier molecular flexibility index (Phi) is 24.3. The molecule has 0 amide bonds. The summed E-state index contributed by atoms with van der Waals surface area (Å²) in [5, 5.41) is 67.7. The highest BCUT2D eigenvalue weighted by Gasteiger charge is 2.17. The van der Waals surface area contributed by atoms with Crippen LogP contribution >= 0.6 is 0 Å². The van der Waals surface area contributed by atoms with Crippen molar-refractivity contribution in [2.75, 3.05) is 71.3 Å².